The molecule has 2 N–H and O–H groups in total. The number of aromatic nitrogens is 1. The molecule has 0 aliphatic rings. The molecule has 2 aromatic rings. The molecule has 0 fully saturated rings. The lowest BCUT2D eigenvalue weighted by molar-refractivity contribution is 0.0702. The highest BCUT2D eigenvalue weighted by Gasteiger charge is 2.08. The Morgan fingerprint density at radius 3 is 2.83 bits per heavy atom. The van der Waals surface area contributed by atoms with Crippen LogP contribution in [0.25, 0.3) is 0 Å². The van der Waals surface area contributed by atoms with Crippen molar-refractivity contribution in [3.63, 3.8) is 0 Å². The highest BCUT2D eigenvalue weighted by Crippen LogP contribution is 2.24. The first-order chi connectivity index (χ1) is 8.56. The number of aromatic carboxylic acids is 1. The molecule has 1 heterocycles. The first-order valence-corrected chi connectivity index (χ1v) is 6.11. The van der Waals surface area contributed by atoms with E-state index < -0.39 is 5.97 Å². The van der Waals surface area contributed by atoms with Crippen LogP contribution in [0.1, 0.15) is 9.67 Å². The first kappa shape index (κ1) is 12.4. The fourth-order valence-electron chi connectivity index (χ4n) is 1.42. The molecule has 0 saturated heterocycles. The third-order valence-corrected chi connectivity index (χ3v) is 3.23. The summed E-state index contributed by atoms with van der Waals surface area (Å²) in [5, 5.41) is 12.5. The second kappa shape index (κ2) is 5.05. The van der Waals surface area contributed by atoms with Crippen molar-refractivity contribution in [1.29, 1.82) is 0 Å². The largest absolute Gasteiger partial charge is 0.477 e. The maximum Gasteiger partial charge on any atom is 0.347 e. The number of benzene rings is 1. The summed E-state index contributed by atoms with van der Waals surface area (Å²) in [6, 6.07) is 7.82. The summed E-state index contributed by atoms with van der Waals surface area (Å²) >= 11 is 1.11. The van der Waals surface area contributed by atoms with Gasteiger partial charge in [0.05, 0.1) is 6.20 Å². The number of carboxylic acid groups (broad SMARTS) is 1. The van der Waals surface area contributed by atoms with Gasteiger partial charge < -0.3 is 15.3 Å². The standard InChI is InChI=1S/C12H13N3O2S/c1-15(2)9-5-3-4-8(6-9)14-12-13-7-10(18-12)11(16)17/h3-7H,1-2H3,(H,13,14)(H,16,17). The number of hydrogen-bond acceptors (Lipinski definition) is 5. The van der Waals surface area contributed by atoms with Gasteiger partial charge >= 0.3 is 5.97 Å². The maximum absolute atomic E-state index is 10.7. The minimum Gasteiger partial charge on any atom is -0.477 e. The van der Waals surface area contributed by atoms with Crippen molar-refractivity contribution in [1.82, 2.24) is 4.98 Å². The molecule has 0 spiro atoms. The highest BCUT2D eigenvalue weighted by atomic mass is 32.1. The van der Waals surface area contributed by atoms with Crippen molar-refractivity contribution >= 4 is 33.8 Å². The molecule has 2 rings (SSSR count). The molecular formula is C12H13N3O2S. The molecular weight excluding hydrogens is 250 g/mol. The molecule has 0 bridgehead atoms. The summed E-state index contributed by atoms with van der Waals surface area (Å²) in [5.41, 5.74) is 1.95. The van der Waals surface area contributed by atoms with Gasteiger partial charge in [-0.1, -0.05) is 17.4 Å². The van der Waals surface area contributed by atoms with Crippen LogP contribution in [0.5, 0.6) is 0 Å². The van der Waals surface area contributed by atoms with Gasteiger partial charge in [0.2, 0.25) is 0 Å². The lowest BCUT2D eigenvalue weighted by atomic mass is 10.2. The Morgan fingerprint density at radius 2 is 2.22 bits per heavy atom. The van der Waals surface area contributed by atoms with Gasteiger partial charge in [-0.15, -0.1) is 0 Å². The number of anilines is 3. The molecule has 0 unspecified atom stereocenters. The molecule has 5 nitrogen and oxygen atoms in total. The van der Waals surface area contributed by atoms with Crippen LogP contribution in [0.4, 0.5) is 16.5 Å². The van der Waals surface area contributed by atoms with Gasteiger partial charge in [-0.3, -0.25) is 0 Å². The van der Waals surface area contributed by atoms with E-state index in [1.165, 1.54) is 6.20 Å². The molecule has 0 atom stereocenters. The molecule has 18 heavy (non-hydrogen) atoms. The molecule has 0 radical (unpaired) electrons. The topological polar surface area (TPSA) is 65.5 Å². The van der Waals surface area contributed by atoms with E-state index in [1.54, 1.807) is 0 Å². The van der Waals surface area contributed by atoms with E-state index in [0.29, 0.717) is 5.13 Å². The predicted molar refractivity (Wildman–Crippen MR) is 73.1 cm³/mol. The van der Waals surface area contributed by atoms with Gasteiger partial charge in [0.25, 0.3) is 0 Å². The van der Waals surface area contributed by atoms with Crippen LogP contribution in [0.3, 0.4) is 0 Å². The second-order valence-electron chi connectivity index (χ2n) is 3.90. The Kier molecular flexibility index (Phi) is 3.47. The molecule has 0 aliphatic heterocycles. The number of hydrogen-bond donors (Lipinski definition) is 2. The monoisotopic (exact) mass is 263 g/mol. The van der Waals surface area contributed by atoms with Crippen LogP contribution in [-0.2, 0) is 0 Å². The Bertz CT molecular complexity index is 566. The number of thiazole rings is 1. The van der Waals surface area contributed by atoms with Crippen LogP contribution in [-0.4, -0.2) is 30.2 Å². The van der Waals surface area contributed by atoms with E-state index in [-0.39, 0.29) is 4.88 Å². The molecule has 1 aromatic heterocycles. The second-order valence-corrected chi connectivity index (χ2v) is 4.94. The van der Waals surface area contributed by atoms with Gasteiger partial charge in [-0.05, 0) is 18.2 Å². The lowest BCUT2D eigenvalue weighted by Crippen LogP contribution is -2.08. The average Bonchev–Trinajstić information content (AvgIpc) is 2.78. The van der Waals surface area contributed by atoms with Crippen LogP contribution < -0.4 is 10.2 Å². The van der Waals surface area contributed by atoms with Crippen molar-refractivity contribution in [3.8, 4) is 0 Å². The number of nitrogens with zero attached hydrogens (tertiary/aromatic N) is 2. The zero-order chi connectivity index (χ0) is 13.1. The maximum atomic E-state index is 10.7. The van der Waals surface area contributed by atoms with Crippen molar-refractivity contribution < 1.29 is 9.90 Å². The van der Waals surface area contributed by atoms with Crippen LogP contribution in [0.2, 0.25) is 0 Å². The van der Waals surface area contributed by atoms with Gasteiger partial charge in [-0.2, -0.15) is 0 Å². The molecule has 1 aromatic carbocycles. The first-order valence-electron chi connectivity index (χ1n) is 5.30. The van der Waals surface area contributed by atoms with Crippen molar-refractivity contribution in [2.45, 2.75) is 0 Å². The molecule has 0 amide bonds. The van der Waals surface area contributed by atoms with Crippen molar-refractivity contribution in [2.75, 3.05) is 24.3 Å². The molecule has 6 heteroatoms. The number of nitrogens with one attached hydrogen (secondary N) is 1. The quantitative estimate of drug-likeness (QED) is 0.887. The minimum atomic E-state index is -0.956. The SMILES string of the molecule is CN(C)c1cccc(Nc2ncc(C(=O)O)s2)c1. The molecule has 0 aliphatic carbocycles. The zero-order valence-corrected chi connectivity index (χ0v) is 10.9. The van der Waals surface area contributed by atoms with E-state index >= 15 is 0 Å². The Morgan fingerprint density at radius 1 is 1.44 bits per heavy atom. The smallest absolute Gasteiger partial charge is 0.347 e. The van der Waals surface area contributed by atoms with Crippen molar-refractivity contribution in [3.05, 3.63) is 35.3 Å². The van der Waals surface area contributed by atoms with Crippen LogP contribution in [0.15, 0.2) is 30.5 Å². The normalized spacial score (nSPS) is 10.1. The van der Waals surface area contributed by atoms with E-state index in [9.17, 15) is 4.79 Å². The lowest BCUT2D eigenvalue weighted by Gasteiger charge is -2.13. The fourth-order valence-corrected chi connectivity index (χ4v) is 2.09. The Hall–Kier alpha value is -2.08. The zero-order valence-electron chi connectivity index (χ0n) is 10.0. The third kappa shape index (κ3) is 2.78. The number of carbonyl (C=O) groups is 1. The van der Waals surface area contributed by atoms with Gasteiger partial charge in [0.1, 0.15) is 4.88 Å². The summed E-state index contributed by atoms with van der Waals surface area (Å²) < 4.78 is 0. The average molecular weight is 263 g/mol. The summed E-state index contributed by atoms with van der Waals surface area (Å²) in [5.74, 6) is -0.956. The Labute approximate surface area is 109 Å². The van der Waals surface area contributed by atoms with Gasteiger partial charge in [0.15, 0.2) is 5.13 Å². The third-order valence-electron chi connectivity index (χ3n) is 2.33. The van der Waals surface area contributed by atoms with Crippen LogP contribution >= 0.6 is 11.3 Å². The van der Waals surface area contributed by atoms with E-state index in [4.69, 9.17) is 5.11 Å². The van der Waals surface area contributed by atoms with E-state index in [1.807, 2.05) is 43.3 Å². The van der Waals surface area contributed by atoms with Crippen LogP contribution in [0, 0.1) is 0 Å². The summed E-state index contributed by atoms with van der Waals surface area (Å²) in [6.45, 7) is 0. The Balaban J connectivity index is 2.17. The fraction of sp³-hybridized carbons (Fsp3) is 0.167. The summed E-state index contributed by atoms with van der Waals surface area (Å²) in [6.07, 6.45) is 1.35. The number of rotatable bonds is 4. The highest BCUT2D eigenvalue weighted by molar-refractivity contribution is 7.17. The van der Waals surface area contributed by atoms with E-state index in [2.05, 4.69) is 10.3 Å². The minimum absolute atomic E-state index is 0.223. The van der Waals surface area contributed by atoms with Gasteiger partial charge in [0, 0.05) is 25.5 Å². The number of carboxylic acids is 1. The summed E-state index contributed by atoms with van der Waals surface area (Å²) in [4.78, 5) is 17.0. The predicted octanol–water partition coefficient (Wildman–Crippen LogP) is 2.65. The molecule has 94 valence electrons. The van der Waals surface area contributed by atoms with E-state index in [0.717, 1.165) is 22.7 Å². The van der Waals surface area contributed by atoms with Crippen molar-refractivity contribution in [2.24, 2.45) is 0 Å². The van der Waals surface area contributed by atoms with Gasteiger partial charge in [-0.25, -0.2) is 9.78 Å². The molecule has 0 saturated carbocycles. The summed E-state index contributed by atoms with van der Waals surface area (Å²) in [7, 11) is 3.93.